The van der Waals surface area contributed by atoms with E-state index in [0.29, 0.717) is 22.5 Å². The van der Waals surface area contributed by atoms with E-state index in [-0.39, 0.29) is 5.56 Å². The molecule has 6 heteroatoms. The molecular formula is C20H19NO5. The van der Waals surface area contributed by atoms with Crippen LogP contribution in [0.1, 0.15) is 28.9 Å². The number of carbonyl (C=O) groups excluding carboxylic acids is 1. The summed E-state index contributed by atoms with van der Waals surface area (Å²) in [5.41, 5.74) is 0.463. The maximum Gasteiger partial charge on any atom is 0.349 e. The van der Waals surface area contributed by atoms with Gasteiger partial charge in [0, 0.05) is 10.9 Å². The first-order chi connectivity index (χ1) is 12.5. The first kappa shape index (κ1) is 17.5. The number of nitrogens with one attached hydrogen (secondary N) is 1. The van der Waals surface area contributed by atoms with Gasteiger partial charge in [0.05, 0.1) is 20.3 Å². The van der Waals surface area contributed by atoms with Gasteiger partial charge in [0.15, 0.2) is 0 Å². The Labute approximate surface area is 150 Å². The number of ether oxygens (including phenoxy) is 2. The summed E-state index contributed by atoms with van der Waals surface area (Å²) in [6.45, 7) is 1.80. The minimum absolute atomic E-state index is 0.0441. The van der Waals surface area contributed by atoms with Crippen molar-refractivity contribution in [1.82, 2.24) is 5.32 Å². The minimum atomic E-state index is -0.675. The van der Waals surface area contributed by atoms with E-state index in [1.807, 2.05) is 6.07 Å². The average molecular weight is 353 g/mol. The number of amides is 1. The monoisotopic (exact) mass is 353 g/mol. The van der Waals surface area contributed by atoms with Crippen LogP contribution in [0.4, 0.5) is 0 Å². The third-order valence-corrected chi connectivity index (χ3v) is 4.14. The van der Waals surface area contributed by atoms with E-state index < -0.39 is 17.6 Å². The Balaban J connectivity index is 1.90. The van der Waals surface area contributed by atoms with Crippen molar-refractivity contribution in [3.05, 3.63) is 70.1 Å². The number of methoxy groups -OCH3 is 2. The zero-order valence-electron chi connectivity index (χ0n) is 14.7. The molecule has 0 aliphatic rings. The zero-order valence-corrected chi connectivity index (χ0v) is 14.7. The molecule has 1 N–H and O–H groups in total. The maximum absolute atomic E-state index is 12.6. The van der Waals surface area contributed by atoms with Crippen LogP contribution in [0.5, 0.6) is 11.5 Å². The fourth-order valence-corrected chi connectivity index (χ4v) is 2.75. The van der Waals surface area contributed by atoms with Crippen LogP contribution in [0, 0.1) is 0 Å². The van der Waals surface area contributed by atoms with Gasteiger partial charge < -0.3 is 19.2 Å². The van der Waals surface area contributed by atoms with Gasteiger partial charge in [-0.15, -0.1) is 0 Å². The highest BCUT2D eigenvalue weighted by Crippen LogP contribution is 2.29. The number of hydrogen-bond acceptors (Lipinski definition) is 5. The van der Waals surface area contributed by atoms with E-state index in [1.54, 1.807) is 57.5 Å². The predicted molar refractivity (Wildman–Crippen MR) is 97.9 cm³/mol. The molecule has 6 nitrogen and oxygen atoms in total. The number of carbonyl (C=O) groups is 1. The molecule has 1 unspecified atom stereocenters. The summed E-state index contributed by atoms with van der Waals surface area (Å²) < 4.78 is 15.8. The SMILES string of the molecule is COc1ccc(OC)c(C(C)NC(=O)c2cc3ccccc3oc2=O)c1. The molecular weight excluding hydrogens is 334 g/mol. The van der Waals surface area contributed by atoms with E-state index in [0.717, 1.165) is 5.56 Å². The number of rotatable bonds is 5. The van der Waals surface area contributed by atoms with Gasteiger partial charge in [0.2, 0.25) is 0 Å². The van der Waals surface area contributed by atoms with Gasteiger partial charge in [-0.2, -0.15) is 0 Å². The van der Waals surface area contributed by atoms with Crippen LogP contribution in [0.25, 0.3) is 11.0 Å². The van der Waals surface area contributed by atoms with E-state index in [1.165, 1.54) is 6.07 Å². The lowest BCUT2D eigenvalue weighted by molar-refractivity contribution is 0.0936. The number of hydrogen-bond donors (Lipinski definition) is 1. The quantitative estimate of drug-likeness (QED) is 0.712. The van der Waals surface area contributed by atoms with Crippen molar-refractivity contribution in [1.29, 1.82) is 0 Å². The van der Waals surface area contributed by atoms with Crippen molar-refractivity contribution < 1.29 is 18.7 Å². The lowest BCUT2D eigenvalue weighted by atomic mass is 10.1. The average Bonchev–Trinajstić information content (AvgIpc) is 2.66. The van der Waals surface area contributed by atoms with E-state index in [9.17, 15) is 9.59 Å². The lowest BCUT2D eigenvalue weighted by Gasteiger charge is -2.18. The van der Waals surface area contributed by atoms with Crippen LogP contribution in [0.3, 0.4) is 0 Å². The Morgan fingerprint density at radius 3 is 2.58 bits per heavy atom. The molecule has 2 aromatic carbocycles. The Morgan fingerprint density at radius 2 is 1.85 bits per heavy atom. The number of fused-ring (bicyclic) bond motifs is 1. The Kier molecular flexibility index (Phi) is 4.93. The van der Waals surface area contributed by atoms with Crippen molar-refractivity contribution in [2.24, 2.45) is 0 Å². The van der Waals surface area contributed by atoms with Crippen LogP contribution < -0.4 is 20.4 Å². The van der Waals surface area contributed by atoms with E-state index in [2.05, 4.69) is 5.32 Å². The summed E-state index contributed by atoms with van der Waals surface area (Å²) in [6, 6.07) is 13.5. The molecule has 0 radical (unpaired) electrons. The molecule has 134 valence electrons. The van der Waals surface area contributed by atoms with Gasteiger partial charge in [-0.3, -0.25) is 4.79 Å². The maximum atomic E-state index is 12.6. The molecule has 0 fully saturated rings. The zero-order chi connectivity index (χ0) is 18.7. The van der Waals surface area contributed by atoms with Crippen LogP contribution in [-0.4, -0.2) is 20.1 Å². The van der Waals surface area contributed by atoms with Gasteiger partial charge in [-0.1, -0.05) is 18.2 Å². The molecule has 3 aromatic rings. The molecule has 1 aromatic heterocycles. The minimum Gasteiger partial charge on any atom is -0.497 e. The second kappa shape index (κ2) is 7.31. The van der Waals surface area contributed by atoms with Crippen molar-refractivity contribution in [3.63, 3.8) is 0 Å². The summed E-state index contributed by atoms with van der Waals surface area (Å²) in [5, 5.41) is 3.49. The molecule has 1 heterocycles. The highest BCUT2D eigenvalue weighted by atomic mass is 16.5. The largest absolute Gasteiger partial charge is 0.497 e. The van der Waals surface area contributed by atoms with Gasteiger partial charge in [-0.05, 0) is 37.3 Å². The Hall–Kier alpha value is -3.28. The van der Waals surface area contributed by atoms with Crippen LogP contribution in [-0.2, 0) is 0 Å². The second-order valence-electron chi connectivity index (χ2n) is 5.79. The first-order valence-corrected chi connectivity index (χ1v) is 8.09. The molecule has 0 aliphatic carbocycles. The van der Waals surface area contributed by atoms with Gasteiger partial charge in [-0.25, -0.2) is 4.79 Å². The molecule has 26 heavy (non-hydrogen) atoms. The summed E-state index contributed by atoms with van der Waals surface area (Å²) >= 11 is 0. The molecule has 0 saturated heterocycles. The molecule has 1 atom stereocenters. The molecule has 0 spiro atoms. The fourth-order valence-electron chi connectivity index (χ4n) is 2.75. The van der Waals surface area contributed by atoms with Crippen molar-refractivity contribution in [2.75, 3.05) is 14.2 Å². The molecule has 0 aliphatic heterocycles. The third-order valence-electron chi connectivity index (χ3n) is 4.14. The molecule has 0 saturated carbocycles. The predicted octanol–water partition coefficient (Wildman–Crippen LogP) is 3.30. The molecule has 0 bridgehead atoms. The standard InChI is InChI=1S/C20H19NO5/c1-12(15-11-14(24-2)8-9-18(15)25-3)21-19(22)16-10-13-6-4-5-7-17(13)26-20(16)23/h4-12H,1-3H3,(H,21,22). The van der Waals surface area contributed by atoms with Crippen LogP contribution in [0.2, 0.25) is 0 Å². The second-order valence-corrected chi connectivity index (χ2v) is 5.79. The van der Waals surface area contributed by atoms with Crippen molar-refractivity contribution >= 4 is 16.9 Å². The summed E-state index contributed by atoms with van der Waals surface area (Å²) in [7, 11) is 3.12. The highest BCUT2D eigenvalue weighted by molar-refractivity contribution is 5.96. The summed E-state index contributed by atoms with van der Waals surface area (Å²) in [6.07, 6.45) is 0. The summed E-state index contributed by atoms with van der Waals surface area (Å²) in [4.78, 5) is 24.7. The molecule has 1 amide bonds. The van der Waals surface area contributed by atoms with Crippen LogP contribution in [0.15, 0.2) is 57.7 Å². The van der Waals surface area contributed by atoms with Gasteiger partial charge >= 0.3 is 5.63 Å². The smallest absolute Gasteiger partial charge is 0.349 e. The fraction of sp³-hybridized carbons (Fsp3) is 0.200. The summed E-state index contributed by atoms with van der Waals surface area (Å²) in [5.74, 6) is 0.748. The highest BCUT2D eigenvalue weighted by Gasteiger charge is 2.19. The normalized spacial score (nSPS) is 11.8. The number of benzene rings is 2. The van der Waals surface area contributed by atoms with E-state index >= 15 is 0 Å². The van der Waals surface area contributed by atoms with Crippen molar-refractivity contribution in [3.8, 4) is 11.5 Å². The first-order valence-electron chi connectivity index (χ1n) is 8.09. The molecule has 3 rings (SSSR count). The Bertz CT molecular complexity index is 1010. The lowest BCUT2D eigenvalue weighted by Crippen LogP contribution is -2.30. The van der Waals surface area contributed by atoms with Gasteiger partial charge in [0.25, 0.3) is 5.91 Å². The van der Waals surface area contributed by atoms with Crippen molar-refractivity contribution in [2.45, 2.75) is 13.0 Å². The van der Waals surface area contributed by atoms with Gasteiger partial charge in [0.1, 0.15) is 22.6 Å². The topological polar surface area (TPSA) is 77.8 Å². The van der Waals surface area contributed by atoms with Crippen LogP contribution >= 0.6 is 0 Å². The Morgan fingerprint density at radius 1 is 1.08 bits per heavy atom. The van der Waals surface area contributed by atoms with E-state index in [4.69, 9.17) is 13.9 Å². The third kappa shape index (κ3) is 3.39. The number of para-hydroxylation sites is 1.